The van der Waals surface area contributed by atoms with Crippen molar-refractivity contribution in [3.05, 3.63) is 47.5 Å². The van der Waals surface area contributed by atoms with E-state index in [1.807, 2.05) is 23.1 Å². The lowest BCUT2D eigenvalue weighted by Crippen LogP contribution is -2.30. The number of hydrogen-bond acceptors (Lipinski definition) is 5. The lowest BCUT2D eigenvalue weighted by molar-refractivity contribution is 0.0733. The molecule has 0 spiro atoms. The third-order valence-corrected chi connectivity index (χ3v) is 4.93. The van der Waals surface area contributed by atoms with Crippen LogP contribution in [0.5, 0.6) is 23.0 Å². The average Bonchev–Trinajstić information content (AvgIpc) is 3.35. The maximum atomic E-state index is 13.1. The molecule has 2 aromatic rings. The Morgan fingerprint density at radius 1 is 1.08 bits per heavy atom. The van der Waals surface area contributed by atoms with E-state index in [9.17, 15) is 4.79 Å². The Kier molecular flexibility index (Phi) is 4.32. The maximum Gasteiger partial charge on any atom is 0.254 e. The predicted octanol–water partition coefficient (Wildman–Crippen LogP) is 3.41. The van der Waals surface area contributed by atoms with Crippen LogP contribution >= 0.6 is 0 Å². The summed E-state index contributed by atoms with van der Waals surface area (Å²) in [6.07, 6.45) is 1.86. The van der Waals surface area contributed by atoms with Gasteiger partial charge in [-0.05, 0) is 43.2 Å². The van der Waals surface area contributed by atoms with Crippen molar-refractivity contribution >= 4 is 5.91 Å². The highest BCUT2D eigenvalue weighted by molar-refractivity contribution is 5.95. The SMILES string of the molecule is COc1ccc([C@H]2CCCN2C(=O)c2ccc3c(c2)OCO3)c(OC)c1. The van der Waals surface area contributed by atoms with Crippen molar-refractivity contribution in [3.63, 3.8) is 0 Å². The van der Waals surface area contributed by atoms with Gasteiger partial charge in [-0.3, -0.25) is 4.79 Å². The van der Waals surface area contributed by atoms with Crippen molar-refractivity contribution in [1.29, 1.82) is 0 Å². The molecule has 0 aliphatic carbocycles. The zero-order chi connectivity index (χ0) is 18.1. The summed E-state index contributed by atoms with van der Waals surface area (Å²) in [5.74, 6) is 2.76. The molecule has 0 radical (unpaired) electrons. The highest BCUT2D eigenvalue weighted by Crippen LogP contribution is 2.40. The van der Waals surface area contributed by atoms with Gasteiger partial charge in [0.15, 0.2) is 11.5 Å². The molecule has 0 N–H and O–H groups in total. The number of carbonyl (C=O) groups is 1. The molecule has 2 aromatic carbocycles. The van der Waals surface area contributed by atoms with Crippen LogP contribution in [-0.2, 0) is 0 Å². The molecule has 1 saturated heterocycles. The Labute approximate surface area is 152 Å². The maximum absolute atomic E-state index is 13.1. The second-order valence-electron chi connectivity index (χ2n) is 6.33. The van der Waals surface area contributed by atoms with Crippen molar-refractivity contribution in [3.8, 4) is 23.0 Å². The van der Waals surface area contributed by atoms with Gasteiger partial charge in [0.05, 0.1) is 20.3 Å². The fourth-order valence-electron chi connectivity index (χ4n) is 3.62. The summed E-state index contributed by atoms with van der Waals surface area (Å²) >= 11 is 0. The Balaban J connectivity index is 1.63. The minimum absolute atomic E-state index is 0.0105. The van der Waals surface area contributed by atoms with Gasteiger partial charge in [0.25, 0.3) is 5.91 Å². The molecule has 136 valence electrons. The van der Waals surface area contributed by atoms with Crippen LogP contribution in [0.25, 0.3) is 0 Å². The first-order valence-corrected chi connectivity index (χ1v) is 8.64. The average molecular weight is 355 g/mol. The van der Waals surface area contributed by atoms with E-state index in [0.29, 0.717) is 23.6 Å². The Bertz CT molecular complexity index is 835. The Morgan fingerprint density at radius 2 is 1.92 bits per heavy atom. The summed E-state index contributed by atoms with van der Waals surface area (Å²) < 4.78 is 21.5. The number of amides is 1. The summed E-state index contributed by atoms with van der Waals surface area (Å²) in [5.41, 5.74) is 1.61. The zero-order valence-electron chi connectivity index (χ0n) is 14.9. The van der Waals surface area contributed by atoms with Crippen LogP contribution in [0.4, 0.5) is 0 Å². The molecule has 2 aliphatic rings. The summed E-state index contributed by atoms with van der Waals surface area (Å²) in [7, 11) is 3.26. The molecule has 2 heterocycles. The molecular formula is C20H21NO5. The molecule has 26 heavy (non-hydrogen) atoms. The van der Waals surface area contributed by atoms with E-state index in [0.717, 1.165) is 29.9 Å². The van der Waals surface area contributed by atoms with Crippen LogP contribution < -0.4 is 18.9 Å². The first-order chi connectivity index (χ1) is 12.7. The van der Waals surface area contributed by atoms with Gasteiger partial charge < -0.3 is 23.8 Å². The van der Waals surface area contributed by atoms with Gasteiger partial charge in [0, 0.05) is 23.7 Å². The molecule has 0 unspecified atom stereocenters. The number of hydrogen-bond donors (Lipinski definition) is 0. The predicted molar refractivity (Wildman–Crippen MR) is 95.1 cm³/mol. The Hall–Kier alpha value is -2.89. The second-order valence-corrected chi connectivity index (χ2v) is 6.33. The van der Waals surface area contributed by atoms with Crippen LogP contribution in [0.1, 0.15) is 34.8 Å². The van der Waals surface area contributed by atoms with Crippen molar-refractivity contribution < 1.29 is 23.7 Å². The Morgan fingerprint density at radius 3 is 2.73 bits per heavy atom. The largest absolute Gasteiger partial charge is 0.497 e. The first kappa shape index (κ1) is 16.6. The van der Waals surface area contributed by atoms with Crippen molar-refractivity contribution in [2.24, 2.45) is 0 Å². The summed E-state index contributed by atoms with van der Waals surface area (Å²) in [6.45, 7) is 0.912. The smallest absolute Gasteiger partial charge is 0.254 e. The number of ether oxygens (including phenoxy) is 4. The summed E-state index contributed by atoms with van der Waals surface area (Å²) in [6, 6.07) is 11.1. The van der Waals surface area contributed by atoms with E-state index in [2.05, 4.69) is 0 Å². The fraction of sp³-hybridized carbons (Fsp3) is 0.350. The van der Waals surface area contributed by atoms with Crippen LogP contribution in [0.2, 0.25) is 0 Å². The molecule has 1 amide bonds. The molecule has 6 heteroatoms. The second kappa shape index (κ2) is 6.78. The molecule has 0 saturated carbocycles. The zero-order valence-corrected chi connectivity index (χ0v) is 14.9. The summed E-state index contributed by atoms with van der Waals surface area (Å²) in [4.78, 5) is 15.0. The van der Waals surface area contributed by atoms with Crippen LogP contribution in [0, 0.1) is 0 Å². The van der Waals surface area contributed by atoms with E-state index in [-0.39, 0.29) is 18.7 Å². The number of fused-ring (bicyclic) bond motifs is 1. The fourth-order valence-corrected chi connectivity index (χ4v) is 3.62. The molecule has 6 nitrogen and oxygen atoms in total. The lowest BCUT2D eigenvalue weighted by atomic mass is 10.0. The number of methoxy groups -OCH3 is 2. The number of benzene rings is 2. The van der Waals surface area contributed by atoms with Gasteiger partial charge in [0.1, 0.15) is 11.5 Å². The van der Waals surface area contributed by atoms with Gasteiger partial charge in [0.2, 0.25) is 6.79 Å². The third kappa shape index (κ3) is 2.81. The van der Waals surface area contributed by atoms with E-state index < -0.39 is 0 Å². The number of nitrogens with zero attached hydrogens (tertiary/aromatic N) is 1. The van der Waals surface area contributed by atoms with Crippen molar-refractivity contribution in [2.45, 2.75) is 18.9 Å². The number of likely N-dealkylation sites (tertiary alicyclic amines) is 1. The highest BCUT2D eigenvalue weighted by Gasteiger charge is 2.33. The van der Waals surface area contributed by atoms with E-state index in [4.69, 9.17) is 18.9 Å². The summed E-state index contributed by atoms with van der Waals surface area (Å²) in [5, 5.41) is 0. The lowest BCUT2D eigenvalue weighted by Gasteiger charge is -2.26. The molecule has 4 rings (SSSR count). The topological polar surface area (TPSA) is 57.2 Å². The van der Waals surface area contributed by atoms with E-state index in [1.165, 1.54) is 0 Å². The van der Waals surface area contributed by atoms with Crippen LogP contribution in [-0.4, -0.2) is 38.4 Å². The minimum atomic E-state index is -0.0196. The minimum Gasteiger partial charge on any atom is -0.497 e. The van der Waals surface area contributed by atoms with Gasteiger partial charge in [-0.15, -0.1) is 0 Å². The van der Waals surface area contributed by atoms with E-state index in [1.54, 1.807) is 32.4 Å². The molecule has 1 atom stereocenters. The van der Waals surface area contributed by atoms with Crippen LogP contribution in [0.3, 0.4) is 0 Å². The molecule has 2 aliphatic heterocycles. The molecule has 0 aromatic heterocycles. The van der Waals surface area contributed by atoms with Gasteiger partial charge in [-0.25, -0.2) is 0 Å². The van der Waals surface area contributed by atoms with Gasteiger partial charge in [-0.1, -0.05) is 0 Å². The standard InChI is InChI=1S/C20H21NO5/c1-23-14-6-7-15(18(11-14)24-2)16-4-3-9-21(16)20(22)13-5-8-17-19(10-13)26-12-25-17/h5-8,10-11,16H,3-4,9,12H2,1-2H3/t16-/m1/s1. The number of carbonyl (C=O) groups excluding carboxylic acids is 1. The molecule has 1 fully saturated rings. The van der Waals surface area contributed by atoms with Gasteiger partial charge >= 0.3 is 0 Å². The van der Waals surface area contributed by atoms with Crippen molar-refractivity contribution in [1.82, 2.24) is 4.90 Å². The first-order valence-electron chi connectivity index (χ1n) is 8.64. The third-order valence-electron chi connectivity index (χ3n) is 4.93. The highest BCUT2D eigenvalue weighted by atomic mass is 16.7. The van der Waals surface area contributed by atoms with Gasteiger partial charge in [-0.2, -0.15) is 0 Å². The van der Waals surface area contributed by atoms with Crippen molar-refractivity contribution in [2.75, 3.05) is 27.6 Å². The van der Waals surface area contributed by atoms with Crippen LogP contribution in [0.15, 0.2) is 36.4 Å². The molecule has 0 bridgehead atoms. The quantitative estimate of drug-likeness (QED) is 0.841. The normalized spacial score (nSPS) is 18.1. The number of rotatable bonds is 4. The monoisotopic (exact) mass is 355 g/mol. The van der Waals surface area contributed by atoms with E-state index >= 15 is 0 Å². The molecular weight excluding hydrogens is 334 g/mol.